The zero-order chi connectivity index (χ0) is 18.2. The lowest BCUT2D eigenvalue weighted by Gasteiger charge is -2.28. The van der Waals surface area contributed by atoms with E-state index >= 15 is 0 Å². The second-order valence-electron chi connectivity index (χ2n) is 7.32. The normalized spacial score (nSPS) is 22.1. The second-order valence-corrected chi connectivity index (χ2v) is 9.46. The minimum atomic E-state index is -3.29. The second kappa shape index (κ2) is 6.83. The molecule has 1 aromatic heterocycles. The van der Waals surface area contributed by atoms with Gasteiger partial charge >= 0.3 is 0 Å². The zero-order valence-electron chi connectivity index (χ0n) is 15.0. The zero-order valence-corrected chi connectivity index (χ0v) is 15.8. The van der Waals surface area contributed by atoms with Gasteiger partial charge in [0.05, 0.1) is 5.75 Å². The van der Waals surface area contributed by atoms with Crippen LogP contribution in [0, 0.1) is 5.92 Å². The number of rotatable bonds is 3. The van der Waals surface area contributed by atoms with E-state index in [9.17, 15) is 13.2 Å². The minimum absolute atomic E-state index is 0.122. The molecule has 5 nitrogen and oxygen atoms in total. The number of hydrogen-bond donors (Lipinski definition) is 0. The Morgan fingerprint density at radius 2 is 1.96 bits per heavy atom. The molecule has 136 valence electrons. The Kier molecular flexibility index (Phi) is 4.91. The summed E-state index contributed by atoms with van der Waals surface area (Å²) >= 11 is 0. The summed E-state index contributed by atoms with van der Waals surface area (Å²) in [5.74, 6) is 0.211. The molecule has 0 aliphatic carbocycles. The quantitative estimate of drug-likeness (QED) is 0.835. The van der Waals surface area contributed by atoms with Gasteiger partial charge in [-0.1, -0.05) is 31.5 Å². The van der Waals surface area contributed by atoms with E-state index in [0.29, 0.717) is 29.0 Å². The smallest absolute Gasteiger partial charge is 0.290 e. The van der Waals surface area contributed by atoms with E-state index in [4.69, 9.17) is 4.42 Å². The Bertz CT molecular complexity index is 884. The van der Waals surface area contributed by atoms with Gasteiger partial charge in [-0.15, -0.1) is 0 Å². The van der Waals surface area contributed by atoms with Crippen molar-refractivity contribution in [3.05, 3.63) is 35.6 Å². The third-order valence-corrected chi connectivity index (χ3v) is 5.73. The first-order chi connectivity index (χ1) is 11.8. The molecule has 1 fully saturated rings. The molecule has 0 radical (unpaired) electrons. The molecule has 0 saturated carbocycles. The summed E-state index contributed by atoms with van der Waals surface area (Å²) in [6.07, 6.45) is 4.34. The van der Waals surface area contributed by atoms with E-state index in [1.807, 2.05) is 23.1 Å². The summed E-state index contributed by atoms with van der Waals surface area (Å²) in [6.45, 7) is 4.87. The Morgan fingerprint density at radius 1 is 1.24 bits per heavy atom. The molecule has 3 rings (SSSR count). The molecule has 1 amide bonds. The van der Waals surface area contributed by atoms with Crippen molar-refractivity contribution in [3.63, 3.8) is 0 Å². The topological polar surface area (TPSA) is 67.6 Å². The standard InChI is InChI=1S/C19H25NO4S/c1-13-7-6-8-14(2)20(11-13)19(21)18-16(12-25(3,22)23)15-9-4-5-10-17(15)24-18/h4-5,9-10,13-14H,6-8,11-12H2,1-3H3/t13-,14-/m0/s1. The number of carbonyl (C=O) groups is 1. The maximum absolute atomic E-state index is 13.2. The average molecular weight is 363 g/mol. The fraction of sp³-hybridized carbons (Fsp3) is 0.526. The average Bonchev–Trinajstić information content (AvgIpc) is 2.79. The van der Waals surface area contributed by atoms with E-state index in [1.54, 1.807) is 6.07 Å². The van der Waals surface area contributed by atoms with E-state index in [1.165, 1.54) is 6.26 Å². The van der Waals surface area contributed by atoms with Crippen molar-refractivity contribution in [2.75, 3.05) is 12.8 Å². The summed E-state index contributed by atoms with van der Waals surface area (Å²) in [6, 6.07) is 7.35. The Hall–Kier alpha value is -1.82. The van der Waals surface area contributed by atoms with Gasteiger partial charge in [-0.3, -0.25) is 4.79 Å². The molecule has 1 aliphatic heterocycles. The first-order valence-electron chi connectivity index (χ1n) is 8.75. The van der Waals surface area contributed by atoms with Crippen LogP contribution in [-0.2, 0) is 15.6 Å². The Labute approximate surface area is 148 Å². The molecule has 1 aliphatic rings. The van der Waals surface area contributed by atoms with Gasteiger partial charge in [-0.2, -0.15) is 0 Å². The van der Waals surface area contributed by atoms with Gasteiger partial charge in [0.15, 0.2) is 15.6 Å². The SMILES string of the molecule is C[C@H]1CCC[C@H](C)N(C(=O)c2oc3ccccc3c2CS(C)(=O)=O)C1. The fourth-order valence-corrected chi connectivity index (χ4v) is 4.43. The molecule has 1 aromatic carbocycles. The van der Waals surface area contributed by atoms with Crippen LogP contribution in [0.2, 0.25) is 0 Å². The molecule has 0 bridgehead atoms. The number of sulfone groups is 1. The highest BCUT2D eigenvalue weighted by atomic mass is 32.2. The first-order valence-corrected chi connectivity index (χ1v) is 10.8. The lowest BCUT2D eigenvalue weighted by molar-refractivity contribution is 0.0646. The number of carbonyl (C=O) groups excluding carboxylic acids is 1. The van der Waals surface area contributed by atoms with Crippen molar-refractivity contribution in [1.29, 1.82) is 0 Å². The predicted octanol–water partition coefficient (Wildman–Crippen LogP) is 3.63. The highest BCUT2D eigenvalue weighted by Crippen LogP contribution is 2.30. The van der Waals surface area contributed by atoms with Crippen molar-refractivity contribution in [3.8, 4) is 0 Å². The van der Waals surface area contributed by atoms with Crippen LogP contribution < -0.4 is 0 Å². The third-order valence-electron chi connectivity index (χ3n) is 4.92. The van der Waals surface area contributed by atoms with E-state index in [2.05, 4.69) is 13.8 Å². The predicted molar refractivity (Wildman–Crippen MR) is 98.3 cm³/mol. The Morgan fingerprint density at radius 3 is 2.68 bits per heavy atom. The number of furan rings is 1. The first kappa shape index (κ1) is 18.0. The largest absolute Gasteiger partial charge is 0.451 e. The number of likely N-dealkylation sites (tertiary alicyclic amines) is 1. The Balaban J connectivity index is 2.07. The minimum Gasteiger partial charge on any atom is -0.451 e. The molecule has 1 saturated heterocycles. The molecule has 2 aromatic rings. The van der Waals surface area contributed by atoms with Crippen molar-refractivity contribution in [2.24, 2.45) is 5.92 Å². The molecule has 0 unspecified atom stereocenters. The van der Waals surface area contributed by atoms with Crippen molar-refractivity contribution in [2.45, 2.75) is 44.9 Å². The molecular formula is C19H25NO4S. The van der Waals surface area contributed by atoms with Crippen LogP contribution >= 0.6 is 0 Å². The number of para-hydroxylation sites is 1. The molecule has 25 heavy (non-hydrogen) atoms. The number of fused-ring (bicyclic) bond motifs is 1. The summed E-state index contributed by atoms with van der Waals surface area (Å²) in [5.41, 5.74) is 1.03. The lowest BCUT2D eigenvalue weighted by atomic mass is 10.1. The van der Waals surface area contributed by atoms with E-state index in [-0.39, 0.29) is 23.5 Å². The molecular weight excluding hydrogens is 338 g/mol. The summed E-state index contributed by atoms with van der Waals surface area (Å²) < 4.78 is 29.6. The van der Waals surface area contributed by atoms with Crippen LogP contribution in [0.15, 0.2) is 28.7 Å². The van der Waals surface area contributed by atoms with Crippen molar-refractivity contribution < 1.29 is 17.6 Å². The summed E-state index contributed by atoms with van der Waals surface area (Å²) in [4.78, 5) is 15.1. The van der Waals surface area contributed by atoms with Gasteiger partial charge in [0.1, 0.15) is 5.58 Å². The number of hydrogen-bond acceptors (Lipinski definition) is 4. The highest BCUT2D eigenvalue weighted by molar-refractivity contribution is 7.89. The van der Waals surface area contributed by atoms with Crippen LogP contribution in [0.3, 0.4) is 0 Å². The summed E-state index contributed by atoms with van der Waals surface area (Å²) in [7, 11) is -3.29. The maximum atomic E-state index is 13.2. The van der Waals surface area contributed by atoms with Crippen LogP contribution in [0.4, 0.5) is 0 Å². The van der Waals surface area contributed by atoms with Crippen molar-refractivity contribution >= 4 is 26.7 Å². The third kappa shape index (κ3) is 3.89. The van der Waals surface area contributed by atoms with E-state index in [0.717, 1.165) is 19.3 Å². The van der Waals surface area contributed by atoms with Gasteiger partial charge in [0.25, 0.3) is 5.91 Å². The fourth-order valence-electron chi connectivity index (χ4n) is 3.62. The van der Waals surface area contributed by atoms with E-state index < -0.39 is 9.84 Å². The highest BCUT2D eigenvalue weighted by Gasteiger charge is 2.31. The van der Waals surface area contributed by atoms with Crippen molar-refractivity contribution in [1.82, 2.24) is 4.90 Å². The molecule has 2 heterocycles. The van der Waals surface area contributed by atoms with Gasteiger partial charge in [-0.05, 0) is 31.7 Å². The molecule has 6 heteroatoms. The van der Waals surface area contributed by atoms with Crippen LogP contribution in [0.25, 0.3) is 11.0 Å². The maximum Gasteiger partial charge on any atom is 0.290 e. The monoisotopic (exact) mass is 363 g/mol. The number of amides is 1. The van der Waals surface area contributed by atoms with Gasteiger partial charge in [0, 0.05) is 29.8 Å². The lowest BCUT2D eigenvalue weighted by Crippen LogP contribution is -2.40. The van der Waals surface area contributed by atoms with Crippen LogP contribution in [-0.4, -0.2) is 38.1 Å². The number of benzene rings is 1. The van der Waals surface area contributed by atoms with Gasteiger partial charge < -0.3 is 9.32 Å². The molecule has 0 spiro atoms. The summed E-state index contributed by atoms with van der Waals surface area (Å²) in [5, 5.41) is 0.701. The molecule has 2 atom stereocenters. The molecule has 0 N–H and O–H groups in total. The van der Waals surface area contributed by atoms with Crippen LogP contribution in [0.1, 0.15) is 49.2 Å². The van der Waals surface area contributed by atoms with Crippen LogP contribution in [0.5, 0.6) is 0 Å². The number of nitrogens with zero attached hydrogens (tertiary/aromatic N) is 1. The van der Waals surface area contributed by atoms with Gasteiger partial charge in [0.2, 0.25) is 0 Å². The van der Waals surface area contributed by atoms with Gasteiger partial charge in [-0.25, -0.2) is 8.42 Å².